The number of fused-ring (bicyclic) bond motifs is 1. The van der Waals surface area contributed by atoms with Crippen molar-refractivity contribution in [2.75, 3.05) is 36.4 Å². The number of benzene rings is 2. The van der Waals surface area contributed by atoms with E-state index in [2.05, 4.69) is 14.9 Å². The number of piperazine rings is 1. The Balaban J connectivity index is 1.46. The van der Waals surface area contributed by atoms with Crippen molar-refractivity contribution in [2.45, 2.75) is 11.1 Å². The van der Waals surface area contributed by atoms with E-state index in [1.807, 2.05) is 18.2 Å². The molecule has 2 N–H and O–H groups in total. The predicted octanol–water partition coefficient (Wildman–Crippen LogP) is 1.86. The summed E-state index contributed by atoms with van der Waals surface area (Å²) in [5, 5.41) is 3.43. The van der Waals surface area contributed by atoms with E-state index >= 15 is 0 Å². The van der Waals surface area contributed by atoms with Crippen molar-refractivity contribution in [3.8, 4) is 0 Å². The molecule has 148 valence electrons. The smallest absolute Gasteiger partial charge is 0.261 e. The molecule has 7 nitrogen and oxygen atoms in total. The van der Waals surface area contributed by atoms with Crippen molar-refractivity contribution in [2.24, 2.45) is 0 Å². The van der Waals surface area contributed by atoms with Crippen LogP contribution in [0.4, 0.5) is 15.8 Å². The first-order chi connectivity index (χ1) is 13.3. The van der Waals surface area contributed by atoms with Crippen molar-refractivity contribution < 1.29 is 17.6 Å². The van der Waals surface area contributed by atoms with Crippen LogP contribution in [0, 0.1) is 5.82 Å². The Kier molecular flexibility index (Phi) is 4.90. The summed E-state index contributed by atoms with van der Waals surface area (Å²) in [6.07, 6.45) is -1.17. The van der Waals surface area contributed by atoms with E-state index in [0.29, 0.717) is 31.2 Å². The van der Waals surface area contributed by atoms with Crippen LogP contribution in [0.25, 0.3) is 0 Å². The largest absolute Gasteiger partial charge is 0.368 e. The summed E-state index contributed by atoms with van der Waals surface area (Å²) >= 11 is 6.03. The number of rotatable bonds is 2. The van der Waals surface area contributed by atoms with E-state index in [0.717, 1.165) is 17.8 Å². The van der Waals surface area contributed by atoms with Crippen molar-refractivity contribution >= 4 is 38.9 Å². The zero-order valence-electron chi connectivity index (χ0n) is 14.7. The fraction of sp³-hybridized carbons (Fsp3) is 0.278. The highest BCUT2D eigenvalue weighted by Gasteiger charge is 2.36. The first-order valence-corrected chi connectivity index (χ1v) is 10.6. The van der Waals surface area contributed by atoms with Gasteiger partial charge in [-0.25, -0.2) is 12.8 Å². The maximum Gasteiger partial charge on any atom is 0.261 e. The standard InChI is InChI=1S/C18H18ClFN4O3S/c19-12-2-1-3-14(10-12)23-6-8-24(9-7-23)18(25)17-21-15-11-13(20)4-5-16(15)28(26,27)22-17/h1-5,10-11,17,21-22H,6-9H2/t17-/m0/s1. The van der Waals surface area contributed by atoms with Crippen LogP contribution in [0.5, 0.6) is 0 Å². The second-order valence-corrected chi connectivity index (χ2v) is 8.75. The molecule has 0 saturated carbocycles. The SMILES string of the molecule is O=C([C@H]1Nc2cc(F)ccc2S(=O)(=O)N1)N1CCN(c2cccc(Cl)c2)CC1. The van der Waals surface area contributed by atoms with Gasteiger partial charge in [-0.2, -0.15) is 4.72 Å². The van der Waals surface area contributed by atoms with Gasteiger partial charge in [0, 0.05) is 36.9 Å². The zero-order chi connectivity index (χ0) is 19.9. The van der Waals surface area contributed by atoms with Crippen LogP contribution in [0.3, 0.4) is 0 Å². The van der Waals surface area contributed by atoms with E-state index in [1.54, 1.807) is 11.0 Å². The number of carbonyl (C=O) groups excluding carboxylic acids is 1. The molecule has 0 bridgehead atoms. The lowest BCUT2D eigenvalue weighted by Crippen LogP contribution is -2.58. The molecular formula is C18H18ClFN4O3S. The topological polar surface area (TPSA) is 81.7 Å². The maximum atomic E-state index is 13.5. The molecular weight excluding hydrogens is 407 g/mol. The molecule has 2 heterocycles. The van der Waals surface area contributed by atoms with E-state index < -0.39 is 27.9 Å². The van der Waals surface area contributed by atoms with Crippen molar-refractivity contribution in [3.05, 3.63) is 53.3 Å². The Morgan fingerprint density at radius 1 is 1.11 bits per heavy atom. The van der Waals surface area contributed by atoms with Gasteiger partial charge in [-0.3, -0.25) is 4.79 Å². The molecule has 2 aliphatic heterocycles. The zero-order valence-corrected chi connectivity index (χ0v) is 16.3. The van der Waals surface area contributed by atoms with Crippen LogP contribution in [0.2, 0.25) is 5.02 Å². The van der Waals surface area contributed by atoms with Gasteiger partial charge in [0.2, 0.25) is 10.0 Å². The molecule has 0 unspecified atom stereocenters. The van der Waals surface area contributed by atoms with Crippen molar-refractivity contribution in [3.63, 3.8) is 0 Å². The Labute approximate surface area is 167 Å². The number of carbonyl (C=O) groups is 1. The molecule has 0 radical (unpaired) electrons. The Bertz CT molecular complexity index is 1030. The first-order valence-electron chi connectivity index (χ1n) is 8.71. The third-order valence-electron chi connectivity index (χ3n) is 4.82. The average Bonchev–Trinajstić information content (AvgIpc) is 2.66. The molecule has 1 fully saturated rings. The summed E-state index contributed by atoms with van der Waals surface area (Å²) in [7, 11) is -3.90. The molecule has 2 aliphatic rings. The normalized spacial score (nSPS) is 21.0. The minimum absolute atomic E-state index is 0.0784. The molecule has 28 heavy (non-hydrogen) atoms. The van der Waals surface area contributed by atoms with Crippen LogP contribution in [0.15, 0.2) is 47.4 Å². The van der Waals surface area contributed by atoms with Gasteiger partial charge in [-0.15, -0.1) is 0 Å². The Hall–Kier alpha value is -2.36. The molecule has 4 rings (SSSR count). The van der Waals surface area contributed by atoms with Gasteiger partial charge in [0.05, 0.1) is 5.69 Å². The van der Waals surface area contributed by atoms with Crippen molar-refractivity contribution in [1.82, 2.24) is 9.62 Å². The summed E-state index contributed by atoms with van der Waals surface area (Å²) < 4.78 is 40.6. The Morgan fingerprint density at radius 3 is 2.57 bits per heavy atom. The number of anilines is 2. The summed E-state index contributed by atoms with van der Waals surface area (Å²) in [5.74, 6) is -0.978. The summed E-state index contributed by atoms with van der Waals surface area (Å²) in [4.78, 5) is 16.5. The summed E-state index contributed by atoms with van der Waals surface area (Å²) in [6, 6.07) is 10.8. The lowest BCUT2D eigenvalue weighted by atomic mass is 10.2. The third-order valence-corrected chi connectivity index (χ3v) is 6.53. The molecule has 1 atom stereocenters. The molecule has 0 spiro atoms. The number of nitrogens with zero attached hydrogens (tertiary/aromatic N) is 2. The van der Waals surface area contributed by atoms with Crippen LogP contribution < -0.4 is 14.9 Å². The fourth-order valence-corrected chi connectivity index (χ4v) is 4.84. The number of amides is 1. The highest BCUT2D eigenvalue weighted by molar-refractivity contribution is 7.89. The number of sulfonamides is 1. The summed E-state index contributed by atoms with van der Waals surface area (Å²) in [6.45, 7) is 2.05. The minimum Gasteiger partial charge on any atom is -0.368 e. The van der Waals surface area contributed by atoms with Crippen LogP contribution in [0.1, 0.15) is 0 Å². The second-order valence-electron chi connectivity index (χ2n) is 6.63. The molecule has 0 aliphatic carbocycles. The monoisotopic (exact) mass is 424 g/mol. The van der Waals surface area contributed by atoms with Gasteiger partial charge < -0.3 is 15.1 Å². The van der Waals surface area contributed by atoms with Gasteiger partial charge in [0.1, 0.15) is 10.7 Å². The molecule has 1 amide bonds. The minimum atomic E-state index is -3.90. The fourth-order valence-electron chi connectivity index (χ4n) is 3.41. The third kappa shape index (κ3) is 3.65. The summed E-state index contributed by atoms with van der Waals surface area (Å²) in [5.41, 5.74) is 1.05. The van der Waals surface area contributed by atoms with Gasteiger partial charge >= 0.3 is 0 Å². The number of nitrogens with one attached hydrogen (secondary N) is 2. The molecule has 10 heteroatoms. The average molecular weight is 425 g/mol. The van der Waals surface area contributed by atoms with Crippen molar-refractivity contribution in [1.29, 1.82) is 0 Å². The van der Waals surface area contributed by atoms with E-state index in [1.165, 1.54) is 6.07 Å². The molecule has 1 saturated heterocycles. The highest BCUT2D eigenvalue weighted by Crippen LogP contribution is 2.27. The lowest BCUT2D eigenvalue weighted by Gasteiger charge is -2.38. The van der Waals surface area contributed by atoms with Gasteiger partial charge in [0.25, 0.3) is 5.91 Å². The molecule has 0 aromatic heterocycles. The lowest BCUT2D eigenvalue weighted by molar-refractivity contribution is -0.132. The van der Waals surface area contributed by atoms with Gasteiger partial charge in [-0.1, -0.05) is 17.7 Å². The number of hydrogen-bond acceptors (Lipinski definition) is 5. The van der Waals surface area contributed by atoms with Gasteiger partial charge in [-0.05, 0) is 36.4 Å². The quantitative estimate of drug-likeness (QED) is 0.769. The van der Waals surface area contributed by atoms with E-state index in [-0.39, 0.29) is 10.6 Å². The van der Waals surface area contributed by atoms with Gasteiger partial charge in [0.15, 0.2) is 6.17 Å². The molecule has 2 aromatic carbocycles. The van der Waals surface area contributed by atoms with E-state index in [4.69, 9.17) is 11.6 Å². The maximum absolute atomic E-state index is 13.5. The first kappa shape index (κ1) is 19.0. The van der Waals surface area contributed by atoms with Crippen LogP contribution >= 0.6 is 11.6 Å². The second kappa shape index (κ2) is 7.23. The number of halogens is 2. The van der Waals surface area contributed by atoms with E-state index in [9.17, 15) is 17.6 Å². The predicted molar refractivity (Wildman–Crippen MR) is 104 cm³/mol. The highest BCUT2D eigenvalue weighted by atomic mass is 35.5. The van der Waals surface area contributed by atoms with Crippen LogP contribution in [-0.4, -0.2) is 51.6 Å². The molecule has 2 aromatic rings. The Morgan fingerprint density at radius 2 is 1.86 bits per heavy atom. The number of hydrogen-bond donors (Lipinski definition) is 2. The van der Waals surface area contributed by atoms with Crippen LogP contribution in [-0.2, 0) is 14.8 Å².